The van der Waals surface area contributed by atoms with Crippen LogP contribution in [0.3, 0.4) is 0 Å². The predicted octanol–water partition coefficient (Wildman–Crippen LogP) is 5.03. The van der Waals surface area contributed by atoms with Crippen LogP contribution in [-0.4, -0.2) is 23.5 Å². The lowest BCUT2D eigenvalue weighted by molar-refractivity contribution is 0.139. The van der Waals surface area contributed by atoms with Gasteiger partial charge in [0.1, 0.15) is 10.8 Å². The first-order chi connectivity index (χ1) is 11.8. The summed E-state index contributed by atoms with van der Waals surface area (Å²) in [5.41, 5.74) is 2.38. The molecule has 0 spiro atoms. The normalized spacial score (nSPS) is 18.8. The summed E-state index contributed by atoms with van der Waals surface area (Å²) in [4.78, 5) is 7.48. The highest BCUT2D eigenvalue weighted by Gasteiger charge is 2.27. The molecule has 0 N–H and O–H groups in total. The molecule has 0 aliphatic carbocycles. The Kier molecular flexibility index (Phi) is 4.50. The third-order valence-corrected chi connectivity index (χ3v) is 5.91. The Morgan fingerprint density at radius 1 is 1.12 bits per heavy atom. The van der Waals surface area contributed by atoms with Gasteiger partial charge >= 0.3 is 0 Å². The summed E-state index contributed by atoms with van der Waals surface area (Å²) < 4.78 is 6.82. The SMILES string of the molecule is COc1ccccc1CN1CCCC[C@@H]1c1nc2ccccc2s1. The molecule has 0 bridgehead atoms. The van der Waals surface area contributed by atoms with Crippen molar-refractivity contribution in [2.45, 2.75) is 31.8 Å². The van der Waals surface area contributed by atoms with Crippen molar-refractivity contribution in [1.82, 2.24) is 9.88 Å². The van der Waals surface area contributed by atoms with Crippen LogP contribution in [0.2, 0.25) is 0 Å². The van der Waals surface area contributed by atoms with E-state index in [-0.39, 0.29) is 0 Å². The molecule has 1 aliphatic rings. The summed E-state index contributed by atoms with van der Waals surface area (Å²) in [6, 6.07) is 17.2. The van der Waals surface area contributed by atoms with Crippen LogP contribution in [0.1, 0.15) is 35.9 Å². The van der Waals surface area contributed by atoms with Gasteiger partial charge in [0.25, 0.3) is 0 Å². The van der Waals surface area contributed by atoms with Crippen molar-refractivity contribution in [2.75, 3.05) is 13.7 Å². The summed E-state index contributed by atoms with van der Waals surface area (Å²) in [7, 11) is 1.75. The van der Waals surface area contributed by atoms with E-state index in [1.54, 1.807) is 7.11 Å². The molecule has 1 saturated heterocycles. The zero-order valence-corrected chi connectivity index (χ0v) is 14.8. The first-order valence-electron chi connectivity index (χ1n) is 8.56. The molecule has 0 unspecified atom stereocenters. The monoisotopic (exact) mass is 338 g/mol. The molecule has 2 aromatic carbocycles. The van der Waals surface area contributed by atoms with Gasteiger partial charge in [0, 0.05) is 12.1 Å². The summed E-state index contributed by atoms with van der Waals surface area (Å²) in [6.07, 6.45) is 3.73. The fraction of sp³-hybridized carbons (Fsp3) is 0.350. The second kappa shape index (κ2) is 6.91. The molecule has 1 aromatic heterocycles. The molecule has 124 valence electrons. The van der Waals surface area contributed by atoms with Gasteiger partial charge in [-0.3, -0.25) is 4.90 Å². The van der Waals surface area contributed by atoms with Crippen LogP contribution >= 0.6 is 11.3 Å². The van der Waals surface area contributed by atoms with Crippen molar-refractivity contribution < 1.29 is 4.74 Å². The standard InChI is InChI=1S/C20H22N2OS/c1-23-18-11-4-2-8-15(18)14-22-13-7-6-10-17(22)20-21-16-9-3-5-12-19(16)24-20/h2-5,8-9,11-12,17H,6-7,10,13-14H2,1H3/t17-/m1/s1. The number of fused-ring (bicyclic) bond motifs is 1. The van der Waals surface area contributed by atoms with Crippen molar-refractivity contribution in [1.29, 1.82) is 0 Å². The Morgan fingerprint density at radius 2 is 1.96 bits per heavy atom. The highest BCUT2D eigenvalue weighted by Crippen LogP contribution is 2.37. The van der Waals surface area contributed by atoms with Crippen LogP contribution in [0.5, 0.6) is 5.75 Å². The van der Waals surface area contributed by atoms with Crippen molar-refractivity contribution in [3.63, 3.8) is 0 Å². The van der Waals surface area contributed by atoms with Crippen molar-refractivity contribution >= 4 is 21.6 Å². The highest BCUT2D eigenvalue weighted by molar-refractivity contribution is 7.18. The van der Waals surface area contributed by atoms with E-state index < -0.39 is 0 Å². The predicted molar refractivity (Wildman–Crippen MR) is 99.6 cm³/mol. The number of piperidine rings is 1. The van der Waals surface area contributed by atoms with Gasteiger partial charge in [0.05, 0.1) is 23.4 Å². The smallest absolute Gasteiger partial charge is 0.123 e. The molecular formula is C20H22N2OS. The van der Waals surface area contributed by atoms with Gasteiger partial charge in [-0.2, -0.15) is 0 Å². The van der Waals surface area contributed by atoms with E-state index >= 15 is 0 Å². The van der Waals surface area contributed by atoms with Crippen LogP contribution in [0.15, 0.2) is 48.5 Å². The Morgan fingerprint density at radius 3 is 2.83 bits per heavy atom. The highest BCUT2D eigenvalue weighted by atomic mass is 32.1. The maximum absolute atomic E-state index is 5.54. The first kappa shape index (κ1) is 15.6. The Labute approximate surface area is 146 Å². The molecule has 0 amide bonds. The topological polar surface area (TPSA) is 25.4 Å². The van der Waals surface area contributed by atoms with Crippen molar-refractivity contribution in [3.05, 3.63) is 59.1 Å². The number of hydrogen-bond acceptors (Lipinski definition) is 4. The number of aromatic nitrogens is 1. The lowest BCUT2D eigenvalue weighted by Gasteiger charge is -2.34. The number of thiazole rings is 1. The average molecular weight is 338 g/mol. The van der Waals surface area contributed by atoms with E-state index in [2.05, 4.69) is 41.3 Å². The molecule has 24 heavy (non-hydrogen) atoms. The number of ether oxygens (including phenoxy) is 1. The zero-order valence-electron chi connectivity index (χ0n) is 13.9. The second-order valence-corrected chi connectivity index (χ2v) is 7.38. The summed E-state index contributed by atoms with van der Waals surface area (Å²) in [6.45, 7) is 2.04. The Balaban J connectivity index is 1.63. The van der Waals surface area contributed by atoms with Gasteiger partial charge in [-0.1, -0.05) is 36.8 Å². The molecule has 1 atom stereocenters. The van der Waals surface area contributed by atoms with Gasteiger partial charge in [0.2, 0.25) is 0 Å². The number of rotatable bonds is 4. The fourth-order valence-electron chi connectivity index (χ4n) is 3.54. The van der Waals surface area contributed by atoms with E-state index in [0.29, 0.717) is 6.04 Å². The number of nitrogens with zero attached hydrogens (tertiary/aromatic N) is 2. The molecule has 1 aliphatic heterocycles. The summed E-state index contributed by atoms with van der Waals surface area (Å²) >= 11 is 1.84. The zero-order chi connectivity index (χ0) is 16.4. The van der Waals surface area contributed by atoms with Crippen LogP contribution in [0.25, 0.3) is 10.2 Å². The van der Waals surface area contributed by atoms with Crippen molar-refractivity contribution in [3.8, 4) is 5.75 Å². The molecule has 0 saturated carbocycles. The second-order valence-electron chi connectivity index (χ2n) is 6.31. The summed E-state index contributed by atoms with van der Waals surface area (Å²) in [5.74, 6) is 0.978. The molecule has 4 heteroatoms. The number of hydrogen-bond donors (Lipinski definition) is 0. The molecular weight excluding hydrogens is 316 g/mol. The van der Waals surface area contributed by atoms with E-state index in [1.165, 1.54) is 34.5 Å². The number of para-hydroxylation sites is 2. The molecule has 3 nitrogen and oxygen atoms in total. The van der Waals surface area contributed by atoms with Gasteiger partial charge in [-0.25, -0.2) is 4.98 Å². The quantitative estimate of drug-likeness (QED) is 0.667. The van der Waals surface area contributed by atoms with E-state index in [0.717, 1.165) is 24.4 Å². The van der Waals surface area contributed by atoms with E-state index in [1.807, 2.05) is 23.5 Å². The lowest BCUT2D eigenvalue weighted by Crippen LogP contribution is -2.33. The van der Waals surface area contributed by atoms with Crippen LogP contribution < -0.4 is 4.74 Å². The molecule has 4 rings (SSSR count). The minimum Gasteiger partial charge on any atom is -0.496 e. The third-order valence-electron chi connectivity index (χ3n) is 4.78. The van der Waals surface area contributed by atoms with Gasteiger partial charge in [-0.15, -0.1) is 11.3 Å². The van der Waals surface area contributed by atoms with Gasteiger partial charge in [0.15, 0.2) is 0 Å². The Bertz CT molecular complexity index is 796. The first-order valence-corrected chi connectivity index (χ1v) is 9.38. The maximum Gasteiger partial charge on any atom is 0.123 e. The number of benzene rings is 2. The Hall–Kier alpha value is -1.91. The van der Waals surface area contributed by atoms with Crippen LogP contribution in [0, 0.1) is 0 Å². The lowest BCUT2D eigenvalue weighted by atomic mass is 10.0. The van der Waals surface area contributed by atoms with Crippen LogP contribution in [0.4, 0.5) is 0 Å². The largest absolute Gasteiger partial charge is 0.496 e. The molecule has 3 aromatic rings. The van der Waals surface area contributed by atoms with Crippen molar-refractivity contribution in [2.24, 2.45) is 0 Å². The number of methoxy groups -OCH3 is 1. The third kappa shape index (κ3) is 3.04. The van der Waals surface area contributed by atoms with E-state index in [4.69, 9.17) is 9.72 Å². The summed E-state index contributed by atoms with van der Waals surface area (Å²) in [5, 5.41) is 1.26. The average Bonchev–Trinajstić information content (AvgIpc) is 3.06. The van der Waals surface area contributed by atoms with Crippen LogP contribution in [-0.2, 0) is 6.54 Å². The number of likely N-dealkylation sites (tertiary alicyclic amines) is 1. The van der Waals surface area contributed by atoms with Gasteiger partial charge in [-0.05, 0) is 37.6 Å². The van der Waals surface area contributed by atoms with Gasteiger partial charge < -0.3 is 4.74 Å². The molecule has 2 heterocycles. The van der Waals surface area contributed by atoms with E-state index in [9.17, 15) is 0 Å². The molecule has 0 radical (unpaired) electrons. The maximum atomic E-state index is 5.54. The minimum atomic E-state index is 0.418. The fourth-order valence-corrected chi connectivity index (χ4v) is 4.68. The minimum absolute atomic E-state index is 0.418. The molecule has 1 fully saturated rings.